The highest BCUT2D eigenvalue weighted by molar-refractivity contribution is 5.88. The Morgan fingerprint density at radius 3 is 2.48 bits per heavy atom. The molecule has 1 aromatic carbocycles. The fourth-order valence-corrected chi connectivity index (χ4v) is 3.15. The molecule has 0 bridgehead atoms. The summed E-state index contributed by atoms with van der Waals surface area (Å²) in [6, 6.07) is 10.3. The lowest BCUT2D eigenvalue weighted by Crippen LogP contribution is -2.42. The van der Waals surface area contributed by atoms with Crippen molar-refractivity contribution < 1.29 is 9.90 Å². The van der Waals surface area contributed by atoms with E-state index in [4.69, 9.17) is 0 Å². The molecule has 2 rings (SSSR count). The fourth-order valence-electron chi connectivity index (χ4n) is 3.15. The van der Waals surface area contributed by atoms with Gasteiger partial charge < -0.3 is 10.4 Å². The average molecular weight is 315 g/mol. The van der Waals surface area contributed by atoms with E-state index in [1.54, 1.807) is 6.08 Å². The third-order valence-corrected chi connectivity index (χ3v) is 4.65. The summed E-state index contributed by atoms with van der Waals surface area (Å²) in [5.74, 6) is -0.0896. The second-order valence-corrected chi connectivity index (χ2v) is 6.83. The SMILES string of the molecule is C/C(=C/C(=O)NCC1(O)CCCCCC1)CCc1ccccc1. The minimum Gasteiger partial charge on any atom is -0.388 e. The molecule has 0 aromatic heterocycles. The quantitative estimate of drug-likeness (QED) is 0.620. The summed E-state index contributed by atoms with van der Waals surface area (Å²) >= 11 is 0. The number of hydrogen-bond acceptors (Lipinski definition) is 2. The molecule has 0 aliphatic heterocycles. The highest BCUT2D eigenvalue weighted by Crippen LogP contribution is 2.26. The number of allylic oxidation sites excluding steroid dienone is 1. The first-order valence-corrected chi connectivity index (χ1v) is 8.79. The first-order chi connectivity index (χ1) is 11.1. The average Bonchev–Trinajstić information content (AvgIpc) is 2.77. The van der Waals surface area contributed by atoms with Crippen molar-refractivity contribution in [1.82, 2.24) is 5.32 Å². The third-order valence-electron chi connectivity index (χ3n) is 4.65. The largest absolute Gasteiger partial charge is 0.388 e. The van der Waals surface area contributed by atoms with Gasteiger partial charge in [-0.15, -0.1) is 0 Å². The summed E-state index contributed by atoms with van der Waals surface area (Å²) in [6.45, 7) is 2.36. The number of benzene rings is 1. The molecular weight excluding hydrogens is 286 g/mol. The van der Waals surface area contributed by atoms with Crippen LogP contribution in [-0.4, -0.2) is 23.2 Å². The summed E-state index contributed by atoms with van der Waals surface area (Å²) in [5.41, 5.74) is 1.64. The van der Waals surface area contributed by atoms with Crippen LogP contribution in [0.3, 0.4) is 0 Å². The van der Waals surface area contributed by atoms with Gasteiger partial charge in [-0.2, -0.15) is 0 Å². The molecule has 0 unspecified atom stereocenters. The lowest BCUT2D eigenvalue weighted by atomic mass is 9.94. The van der Waals surface area contributed by atoms with Gasteiger partial charge >= 0.3 is 0 Å². The number of carbonyl (C=O) groups excluding carboxylic acids is 1. The topological polar surface area (TPSA) is 49.3 Å². The molecule has 3 nitrogen and oxygen atoms in total. The summed E-state index contributed by atoms with van der Waals surface area (Å²) in [7, 11) is 0. The molecule has 1 aliphatic carbocycles. The highest BCUT2D eigenvalue weighted by Gasteiger charge is 2.27. The van der Waals surface area contributed by atoms with Crippen molar-refractivity contribution in [3.8, 4) is 0 Å². The Morgan fingerprint density at radius 1 is 1.17 bits per heavy atom. The van der Waals surface area contributed by atoms with Crippen LogP contribution >= 0.6 is 0 Å². The van der Waals surface area contributed by atoms with Crippen LogP contribution in [-0.2, 0) is 11.2 Å². The summed E-state index contributed by atoms with van der Waals surface area (Å²) in [6.07, 6.45) is 9.57. The minimum atomic E-state index is -0.710. The van der Waals surface area contributed by atoms with Gasteiger partial charge in [-0.1, -0.05) is 61.6 Å². The molecule has 0 atom stereocenters. The Labute approximate surface area is 139 Å². The van der Waals surface area contributed by atoms with Gasteiger partial charge in [-0.05, 0) is 38.2 Å². The molecule has 0 radical (unpaired) electrons. The number of rotatable bonds is 6. The van der Waals surface area contributed by atoms with Gasteiger partial charge in [0.1, 0.15) is 0 Å². The van der Waals surface area contributed by atoms with Gasteiger partial charge in [0.15, 0.2) is 0 Å². The van der Waals surface area contributed by atoms with E-state index in [1.807, 2.05) is 25.1 Å². The van der Waals surface area contributed by atoms with E-state index in [-0.39, 0.29) is 5.91 Å². The second kappa shape index (κ2) is 8.88. The molecule has 1 aliphatic rings. The van der Waals surface area contributed by atoms with Crippen molar-refractivity contribution >= 4 is 5.91 Å². The molecule has 0 heterocycles. The Bertz CT molecular complexity index is 514. The lowest BCUT2D eigenvalue weighted by Gasteiger charge is -2.26. The van der Waals surface area contributed by atoms with Crippen LogP contribution in [0.4, 0.5) is 0 Å². The first-order valence-electron chi connectivity index (χ1n) is 8.79. The predicted octanol–water partition coefficient (Wildman–Crippen LogP) is 3.77. The van der Waals surface area contributed by atoms with Gasteiger partial charge in [-0.3, -0.25) is 4.79 Å². The second-order valence-electron chi connectivity index (χ2n) is 6.83. The number of carbonyl (C=O) groups is 1. The van der Waals surface area contributed by atoms with Crippen LogP contribution in [0.25, 0.3) is 0 Å². The van der Waals surface area contributed by atoms with Gasteiger partial charge in [0.25, 0.3) is 0 Å². The van der Waals surface area contributed by atoms with Gasteiger partial charge in [0, 0.05) is 12.6 Å². The van der Waals surface area contributed by atoms with Crippen LogP contribution in [0.15, 0.2) is 42.0 Å². The van der Waals surface area contributed by atoms with Gasteiger partial charge in [0.2, 0.25) is 5.91 Å². The van der Waals surface area contributed by atoms with E-state index in [9.17, 15) is 9.90 Å². The van der Waals surface area contributed by atoms with Crippen LogP contribution in [0, 0.1) is 0 Å². The molecule has 1 amide bonds. The molecular formula is C20H29NO2. The number of aryl methyl sites for hydroxylation is 1. The van der Waals surface area contributed by atoms with Crippen LogP contribution in [0.2, 0.25) is 0 Å². The molecule has 2 N–H and O–H groups in total. The van der Waals surface area contributed by atoms with E-state index in [0.29, 0.717) is 6.54 Å². The van der Waals surface area contributed by atoms with Crippen molar-refractivity contribution in [1.29, 1.82) is 0 Å². The standard InChI is InChI=1S/C20H29NO2/c1-17(11-12-18-9-5-4-6-10-18)15-19(22)21-16-20(23)13-7-2-3-8-14-20/h4-6,9-10,15,23H,2-3,7-8,11-14,16H2,1H3,(H,21,22)/b17-15-. The maximum atomic E-state index is 12.0. The molecule has 126 valence electrons. The number of amides is 1. The Balaban J connectivity index is 1.76. The maximum absolute atomic E-state index is 12.0. The van der Waals surface area contributed by atoms with E-state index in [0.717, 1.165) is 44.1 Å². The van der Waals surface area contributed by atoms with Crippen molar-refractivity contribution in [2.45, 2.75) is 63.9 Å². The molecule has 23 heavy (non-hydrogen) atoms. The summed E-state index contributed by atoms with van der Waals surface area (Å²) in [4.78, 5) is 12.0. The first kappa shape index (κ1) is 17.7. The molecule has 0 saturated heterocycles. The summed E-state index contributed by atoms with van der Waals surface area (Å²) < 4.78 is 0. The zero-order valence-electron chi connectivity index (χ0n) is 14.2. The third kappa shape index (κ3) is 6.57. The predicted molar refractivity (Wildman–Crippen MR) is 94.2 cm³/mol. The Hall–Kier alpha value is -1.61. The van der Waals surface area contributed by atoms with E-state index >= 15 is 0 Å². The molecule has 1 fully saturated rings. The summed E-state index contributed by atoms with van der Waals surface area (Å²) in [5, 5.41) is 13.4. The minimum absolute atomic E-state index is 0.0896. The molecule has 1 saturated carbocycles. The monoisotopic (exact) mass is 315 g/mol. The van der Waals surface area contributed by atoms with Crippen LogP contribution < -0.4 is 5.32 Å². The van der Waals surface area contributed by atoms with E-state index < -0.39 is 5.60 Å². The zero-order chi connectivity index (χ0) is 16.5. The zero-order valence-corrected chi connectivity index (χ0v) is 14.2. The number of aliphatic hydroxyl groups is 1. The van der Waals surface area contributed by atoms with Crippen molar-refractivity contribution in [3.05, 3.63) is 47.5 Å². The Morgan fingerprint density at radius 2 is 1.83 bits per heavy atom. The van der Waals surface area contributed by atoms with Gasteiger partial charge in [0.05, 0.1) is 5.60 Å². The van der Waals surface area contributed by atoms with Crippen LogP contribution in [0.1, 0.15) is 57.4 Å². The van der Waals surface area contributed by atoms with Crippen molar-refractivity contribution in [2.24, 2.45) is 0 Å². The van der Waals surface area contributed by atoms with Crippen LogP contribution in [0.5, 0.6) is 0 Å². The Kier molecular flexibility index (Phi) is 6.85. The van der Waals surface area contributed by atoms with Crippen molar-refractivity contribution in [3.63, 3.8) is 0 Å². The maximum Gasteiger partial charge on any atom is 0.244 e. The molecule has 3 heteroatoms. The van der Waals surface area contributed by atoms with E-state index in [2.05, 4.69) is 17.4 Å². The highest BCUT2D eigenvalue weighted by atomic mass is 16.3. The smallest absolute Gasteiger partial charge is 0.244 e. The van der Waals surface area contributed by atoms with E-state index in [1.165, 1.54) is 18.4 Å². The van der Waals surface area contributed by atoms with Crippen molar-refractivity contribution in [2.75, 3.05) is 6.54 Å². The lowest BCUT2D eigenvalue weighted by molar-refractivity contribution is -0.118. The number of hydrogen-bond donors (Lipinski definition) is 2. The van der Waals surface area contributed by atoms with Gasteiger partial charge in [-0.25, -0.2) is 0 Å². The molecule has 0 spiro atoms. The number of nitrogens with one attached hydrogen (secondary N) is 1. The molecule has 1 aromatic rings. The fraction of sp³-hybridized carbons (Fsp3) is 0.550. The normalized spacial score (nSPS) is 18.3.